The van der Waals surface area contributed by atoms with Gasteiger partial charge in [0.1, 0.15) is 5.60 Å². The van der Waals surface area contributed by atoms with Crippen molar-refractivity contribution in [2.45, 2.75) is 71.3 Å². The molecule has 1 heteroatoms. The molecule has 0 N–H and O–H groups in total. The molecule has 1 radical (unpaired) electrons. The molecule has 0 aliphatic carbocycles. The standard InChI is InChI=1S/C11H23O/c1-4-7-9-11(12,6-3)10-8-5-2/h4-10H2,1-3H3. The molecule has 0 spiro atoms. The molecule has 73 valence electrons. The third kappa shape index (κ3) is 4.76. The second-order valence-corrected chi connectivity index (χ2v) is 3.74. The molecule has 0 saturated heterocycles. The zero-order valence-electron chi connectivity index (χ0n) is 8.86. The molecule has 0 rings (SSSR count). The normalized spacial score (nSPS) is 12.0. The van der Waals surface area contributed by atoms with Crippen molar-refractivity contribution >= 4 is 0 Å². The van der Waals surface area contributed by atoms with Gasteiger partial charge in [-0.05, 0) is 19.3 Å². The van der Waals surface area contributed by atoms with Crippen molar-refractivity contribution in [2.24, 2.45) is 0 Å². The summed E-state index contributed by atoms with van der Waals surface area (Å²) >= 11 is 0. The van der Waals surface area contributed by atoms with Gasteiger partial charge in [-0.2, -0.15) is 0 Å². The fourth-order valence-electron chi connectivity index (χ4n) is 1.48. The van der Waals surface area contributed by atoms with Crippen molar-refractivity contribution in [2.75, 3.05) is 0 Å². The highest BCUT2D eigenvalue weighted by Crippen LogP contribution is 2.25. The van der Waals surface area contributed by atoms with Gasteiger partial charge in [0, 0.05) is 0 Å². The maximum absolute atomic E-state index is 12.0. The van der Waals surface area contributed by atoms with E-state index in [0.29, 0.717) is 0 Å². The van der Waals surface area contributed by atoms with E-state index in [0.717, 1.165) is 44.9 Å². The van der Waals surface area contributed by atoms with Crippen molar-refractivity contribution in [1.29, 1.82) is 0 Å². The van der Waals surface area contributed by atoms with Gasteiger partial charge >= 0.3 is 0 Å². The molecule has 0 aromatic rings. The minimum atomic E-state index is -0.605. The first-order chi connectivity index (χ1) is 5.68. The van der Waals surface area contributed by atoms with Crippen molar-refractivity contribution in [1.82, 2.24) is 0 Å². The molecular weight excluding hydrogens is 148 g/mol. The summed E-state index contributed by atoms with van der Waals surface area (Å²) < 4.78 is 0. The Bertz CT molecular complexity index is 91.2. The molecule has 0 amide bonds. The Morgan fingerprint density at radius 1 is 0.917 bits per heavy atom. The quantitative estimate of drug-likeness (QED) is 0.553. The SMILES string of the molecule is CCCCC([O])(CC)CCCC. The Kier molecular flexibility index (Phi) is 6.45. The lowest BCUT2D eigenvalue weighted by atomic mass is 9.89. The molecular formula is C11H23O. The monoisotopic (exact) mass is 171 g/mol. The van der Waals surface area contributed by atoms with E-state index in [1.807, 2.05) is 6.92 Å². The third-order valence-corrected chi connectivity index (χ3v) is 2.62. The van der Waals surface area contributed by atoms with Crippen LogP contribution in [0.15, 0.2) is 0 Å². The van der Waals surface area contributed by atoms with Crippen molar-refractivity contribution in [3.8, 4) is 0 Å². The van der Waals surface area contributed by atoms with E-state index >= 15 is 0 Å². The van der Waals surface area contributed by atoms with E-state index in [9.17, 15) is 5.11 Å². The van der Waals surface area contributed by atoms with Gasteiger partial charge in [0.25, 0.3) is 0 Å². The average Bonchev–Trinajstić information content (AvgIpc) is 2.11. The van der Waals surface area contributed by atoms with Crippen LogP contribution >= 0.6 is 0 Å². The molecule has 0 aliphatic rings. The minimum absolute atomic E-state index is 0.605. The molecule has 0 fully saturated rings. The average molecular weight is 171 g/mol. The smallest absolute Gasteiger partial charge is 0.103 e. The van der Waals surface area contributed by atoms with E-state index in [1.54, 1.807) is 0 Å². The molecule has 0 saturated carbocycles. The van der Waals surface area contributed by atoms with Gasteiger partial charge < -0.3 is 0 Å². The molecule has 0 atom stereocenters. The lowest BCUT2D eigenvalue weighted by molar-refractivity contribution is -0.0498. The van der Waals surface area contributed by atoms with Gasteiger partial charge in [0.2, 0.25) is 0 Å². The second-order valence-electron chi connectivity index (χ2n) is 3.74. The summed E-state index contributed by atoms with van der Waals surface area (Å²) in [5, 5.41) is 12.0. The Morgan fingerprint density at radius 3 is 1.58 bits per heavy atom. The Hall–Kier alpha value is -0.0400. The summed E-state index contributed by atoms with van der Waals surface area (Å²) in [6.45, 7) is 6.32. The second kappa shape index (κ2) is 6.47. The van der Waals surface area contributed by atoms with Crippen LogP contribution in [0, 0.1) is 0 Å². The Balaban J connectivity index is 3.70. The van der Waals surface area contributed by atoms with Crippen LogP contribution in [0.25, 0.3) is 0 Å². The highest BCUT2D eigenvalue weighted by molar-refractivity contribution is 4.75. The van der Waals surface area contributed by atoms with Gasteiger partial charge in [0.05, 0.1) is 0 Å². The Morgan fingerprint density at radius 2 is 1.33 bits per heavy atom. The van der Waals surface area contributed by atoms with Gasteiger partial charge in [-0.1, -0.05) is 46.5 Å². The summed E-state index contributed by atoms with van der Waals surface area (Å²) in [4.78, 5) is 0. The molecule has 0 heterocycles. The number of hydrogen-bond donors (Lipinski definition) is 0. The molecule has 12 heavy (non-hydrogen) atoms. The first-order valence-corrected chi connectivity index (χ1v) is 5.39. The van der Waals surface area contributed by atoms with Gasteiger partial charge in [0.15, 0.2) is 0 Å². The van der Waals surface area contributed by atoms with Crippen molar-refractivity contribution in [3.05, 3.63) is 0 Å². The van der Waals surface area contributed by atoms with Crippen LogP contribution in [-0.2, 0) is 5.11 Å². The van der Waals surface area contributed by atoms with E-state index in [-0.39, 0.29) is 0 Å². The zero-order valence-corrected chi connectivity index (χ0v) is 8.86. The maximum atomic E-state index is 12.0. The molecule has 0 aromatic carbocycles. The van der Waals surface area contributed by atoms with E-state index in [1.165, 1.54) is 0 Å². The van der Waals surface area contributed by atoms with Crippen molar-refractivity contribution < 1.29 is 5.11 Å². The van der Waals surface area contributed by atoms with Crippen LogP contribution < -0.4 is 0 Å². The fraction of sp³-hybridized carbons (Fsp3) is 1.00. The number of rotatable bonds is 7. The van der Waals surface area contributed by atoms with Crippen LogP contribution in [0.5, 0.6) is 0 Å². The Labute approximate surface area is 77.2 Å². The summed E-state index contributed by atoms with van der Waals surface area (Å²) in [5.74, 6) is 0. The summed E-state index contributed by atoms with van der Waals surface area (Å²) in [7, 11) is 0. The molecule has 1 nitrogen and oxygen atoms in total. The summed E-state index contributed by atoms with van der Waals surface area (Å²) in [6.07, 6.45) is 7.04. The highest BCUT2D eigenvalue weighted by Gasteiger charge is 2.24. The molecule has 0 aliphatic heterocycles. The third-order valence-electron chi connectivity index (χ3n) is 2.62. The first-order valence-electron chi connectivity index (χ1n) is 5.39. The highest BCUT2D eigenvalue weighted by atomic mass is 16.3. The lowest BCUT2D eigenvalue weighted by Gasteiger charge is -2.23. The van der Waals surface area contributed by atoms with Crippen LogP contribution in [0.4, 0.5) is 0 Å². The van der Waals surface area contributed by atoms with Gasteiger partial charge in [-0.25, -0.2) is 5.11 Å². The van der Waals surface area contributed by atoms with Crippen LogP contribution in [0.2, 0.25) is 0 Å². The predicted octanol–water partition coefficient (Wildman–Crippen LogP) is 3.95. The van der Waals surface area contributed by atoms with E-state index in [2.05, 4.69) is 13.8 Å². The molecule has 0 bridgehead atoms. The predicted molar refractivity (Wildman–Crippen MR) is 52.8 cm³/mol. The largest absolute Gasteiger partial charge is 0.230 e. The molecule has 0 aromatic heterocycles. The fourth-order valence-corrected chi connectivity index (χ4v) is 1.48. The topological polar surface area (TPSA) is 19.9 Å². The maximum Gasteiger partial charge on any atom is 0.103 e. The van der Waals surface area contributed by atoms with Crippen LogP contribution in [0.3, 0.4) is 0 Å². The zero-order chi connectivity index (χ0) is 9.45. The van der Waals surface area contributed by atoms with E-state index < -0.39 is 5.60 Å². The van der Waals surface area contributed by atoms with Gasteiger partial charge in [-0.3, -0.25) is 0 Å². The first kappa shape index (κ1) is 12.0. The van der Waals surface area contributed by atoms with Crippen LogP contribution in [-0.4, -0.2) is 5.60 Å². The minimum Gasteiger partial charge on any atom is -0.230 e. The van der Waals surface area contributed by atoms with Crippen molar-refractivity contribution in [3.63, 3.8) is 0 Å². The number of unbranched alkanes of at least 4 members (excludes halogenated alkanes) is 2. The molecule has 0 unspecified atom stereocenters. The summed E-state index contributed by atoms with van der Waals surface area (Å²) in [6, 6.07) is 0. The number of hydrogen-bond acceptors (Lipinski definition) is 0. The van der Waals surface area contributed by atoms with Gasteiger partial charge in [-0.15, -0.1) is 0 Å². The van der Waals surface area contributed by atoms with Crippen LogP contribution in [0.1, 0.15) is 65.7 Å². The van der Waals surface area contributed by atoms with E-state index in [4.69, 9.17) is 0 Å². The lowest BCUT2D eigenvalue weighted by Crippen LogP contribution is -2.25. The summed E-state index contributed by atoms with van der Waals surface area (Å²) in [5.41, 5.74) is -0.605.